The Morgan fingerprint density at radius 1 is 1.32 bits per heavy atom. The average Bonchev–Trinajstić information content (AvgIpc) is 2.61. The van der Waals surface area contributed by atoms with Crippen molar-refractivity contribution in [3.8, 4) is 5.75 Å². The molecular weight excluding hydrogens is 365 g/mol. The fourth-order valence-corrected chi connectivity index (χ4v) is 4.35. The van der Waals surface area contributed by atoms with Crippen molar-refractivity contribution in [1.82, 2.24) is 10.2 Å². The van der Waals surface area contributed by atoms with Crippen LogP contribution in [0.5, 0.6) is 5.75 Å². The number of carbonyl (C=O) groups excluding carboxylic acids is 2. The number of nitrogens with one attached hydrogen (secondary N) is 1. The van der Waals surface area contributed by atoms with Crippen molar-refractivity contribution >= 4 is 40.7 Å². The third kappa shape index (κ3) is 2.86. The Balaban J connectivity index is 1.66. The van der Waals surface area contributed by atoms with Gasteiger partial charge in [0.05, 0.1) is 15.7 Å². The van der Waals surface area contributed by atoms with E-state index in [-0.39, 0.29) is 40.1 Å². The highest BCUT2D eigenvalue weighted by atomic mass is 35.5. The monoisotopic (exact) mass is 383 g/mol. The van der Waals surface area contributed by atoms with Gasteiger partial charge in [-0.1, -0.05) is 23.2 Å². The number of carbonyl (C=O) groups is 2. The van der Waals surface area contributed by atoms with Gasteiger partial charge in [0.25, 0.3) is 11.8 Å². The van der Waals surface area contributed by atoms with Crippen LogP contribution in [0.1, 0.15) is 23.2 Å². The van der Waals surface area contributed by atoms with Crippen LogP contribution >= 0.6 is 23.2 Å². The van der Waals surface area contributed by atoms with E-state index in [2.05, 4.69) is 10.2 Å². The molecular formula is C17H19Cl2N3O3. The predicted octanol–water partition coefficient (Wildman–Crippen LogP) is 2.17. The third-order valence-electron chi connectivity index (χ3n) is 5.43. The summed E-state index contributed by atoms with van der Waals surface area (Å²) in [5.41, 5.74) is 0.671. The zero-order valence-corrected chi connectivity index (χ0v) is 15.4. The van der Waals surface area contributed by atoms with Crippen LogP contribution in [0.15, 0.2) is 6.07 Å². The van der Waals surface area contributed by atoms with Gasteiger partial charge in [0, 0.05) is 19.6 Å². The Morgan fingerprint density at radius 2 is 2.04 bits per heavy atom. The molecule has 4 aliphatic heterocycles. The number of rotatable bonds is 2. The van der Waals surface area contributed by atoms with E-state index in [0.717, 1.165) is 32.5 Å². The average molecular weight is 384 g/mol. The van der Waals surface area contributed by atoms with Gasteiger partial charge in [-0.25, -0.2) is 0 Å². The molecule has 1 aromatic rings. The van der Waals surface area contributed by atoms with Crippen molar-refractivity contribution in [2.45, 2.75) is 18.9 Å². The zero-order chi connectivity index (χ0) is 17.7. The fraction of sp³-hybridized carbons (Fsp3) is 0.529. The van der Waals surface area contributed by atoms with Crippen molar-refractivity contribution < 1.29 is 14.3 Å². The van der Waals surface area contributed by atoms with Crippen molar-refractivity contribution in [2.24, 2.45) is 5.92 Å². The van der Waals surface area contributed by atoms with Crippen LogP contribution in [0.2, 0.25) is 10.0 Å². The van der Waals surface area contributed by atoms with Gasteiger partial charge in [0.2, 0.25) is 0 Å². The van der Waals surface area contributed by atoms with Crippen LogP contribution in [0.4, 0.5) is 5.69 Å². The molecule has 0 saturated carbocycles. The van der Waals surface area contributed by atoms with Gasteiger partial charge < -0.3 is 19.9 Å². The van der Waals surface area contributed by atoms with Crippen LogP contribution < -0.4 is 15.0 Å². The van der Waals surface area contributed by atoms with Crippen LogP contribution in [0, 0.1) is 5.92 Å². The maximum absolute atomic E-state index is 13.0. The number of anilines is 1. The second-order valence-electron chi connectivity index (χ2n) is 6.86. The minimum atomic E-state index is -0.301. The third-order valence-corrected chi connectivity index (χ3v) is 6.21. The number of likely N-dealkylation sites (N-methyl/N-ethyl adjacent to an activating group) is 1. The minimum absolute atomic E-state index is 0.101. The molecule has 8 heteroatoms. The molecule has 0 spiro atoms. The molecule has 6 nitrogen and oxygen atoms in total. The second-order valence-corrected chi connectivity index (χ2v) is 7.64. The lowest BCUT2D eigenvalue weighted by molar-refractivity contribution is -0.121. The number of hydrogen-bond donors (Lipinski definition) is 1. The molecule has 2 bridgehead atoms. The van der Waals surface area contributed by atoms with E-state index in [0.29, 0.717) is 17.4 Å². The Bertz CT molecular complexity index is 747. The van der Waals surface area contributed by atoms with Gasteiger partial charge in [0.15, 0.2) is 12.4 Å². The van der Waals surface area contributed by atoms with E-state index in [1.54, 1.807) is 13.1 Å². The van der Waals surface area contributed by atoms with Gasteiger partial charge in [-0.2, -0.15) is 0 Å². The molecule has 0 aliphatic carbocycles. The smallest absolute Gasteiger partial charge is 0.264 e. The predicted molar refractivity (Wildman–Crippen MR) is 95.8 cm³/mol. The van der Waals surface area contributed by atoms with Crippen molar-refractivity contribution in [2.75, 3.05) is 38.2 Å². The summed E-state index contributed by atoms with van der Waals surface area (Å²) < 4.78 is 5.54. The van der Waals surface area contributed by atoms with E-state index in [9.17, 15) is 9.59 Å². The first-order chi connectivity index (χ1) is 12.0. The summed E-state index contributed by atoms with van der Waals surface area (Å²) >= 11 is 12.5. The first kappa shape index (κ1) is 16.9. The van der Waals surface area contributed by atoms with E-state index in [1.807, 2.05) is 0 Å². The SMILES string of the molecule is CN1C(=O)COc2c1cc(Cl)c(Cl)c2C(=O)NC1CN2CCC1CC2. The first-order valence-corrected chi connectivity index (χ1v) is 9.16. The van der Waals surface area contributed by atoms with E-state index in [1.165, 1.54) is 4.90 Å². The van der Waals surface area contributed by atoms with Crippen LogP contribution in [0.25, 0.3) is 0 Å². The summed E-state index contributed by atoms with van der Waals surface area (Å²) in [6.45, 7) is 2.93. The lowest BCUT2D eigenvalue weighted by atomic mass is 9.84. The molecule has 1 N–H and O–H groups in total. The second kappa shape index (κ2) is 6.34. The van der Waals surface area contributed by atoms with Crippen LogP contribution in [-0.2, 0) is 4.79 Å². The summed E-state index contributed by atoms with van der Waals surface area (Å²) in [6.07, 6.45) is 2.19. The highest BCUT2D eigenvalue weighted by Gasteiger charge is 2.37. The Hall–Kier alpha value is -1.50. The highest BCUT2D eigenvalue weighted by molar-refractivity contribution is 6.44. The summed E-state index contributed by atoms with van der Waals surface area (Å²) in [7, 11) is 1.63. The van der Waals surface area contributed by atoms with Crippen LogP contribution in [0.3, 0.4) is 0 Å². The molecule has 3 saturated heterocycles. The molecule has 4 aliphatic rings. The number of fused-ring (bicyclic) bond motifs is 4. The number of nitrogens with zero attached hydrogens (tertiary/aromatic N) is 2. The number of piperidine rings is 3. The lowest BCUT2D eigenvalue weighted by Gasteiger charge is -2.45. The van der Waals surface area contributed by atoms with Gasteiger partial charge in [0.1, 0.15) is 5.56 Å². The topological polar surface area (TPSA) is 61.9 Å². The summed E-state index contributed by atoms with van der Waals surface area (Å²) in [5.74, 6) is 0.308. The minimum Gasteiger partial charge on any atom is -0.481 e. The van der Waals surface area contributed by atoms with Crippen molar-refractivity contribution in [1.29, 1.82) is 0 Å². The highest BCUT2D eigenvalue weighted by Crippen LogP contribution is 2.43. The molecule has 2 amide bonds. The normalized spacial score (nSPS) is 27.7. The number of benzene rings is 1. The molecule has 0 radical (unpaired) electrons. The summed E-state index contributed by atoms with van der Waals surface area (Å²) in [4.78, 5) is 28.6. The lowest BCUT2D eigenvalue weighted by Crippen LogP contribution is -2.57. The number of amides is 2. The number of hydrogen-bond acceptors (Lipinski definition) is 4. The van der Waals surface area contributed by atoms with E-state index >= 15 is 0 Å². The Morgan fingerprint density at radius 3 is 2.68 bits per heavy atom. The quantitative estimate of drug-likeness (QED) is 0.849. The van der Waals surface area contributed by atoms with Gasteiger partial charge >= 0.3 is 0 Å². The zero-order valence-electron chi connectivity index (χ0n) is 13.8. The standard InChI is InChI=1S/C17H19Cl2N3O3/c1-21-12-6-10(18)15(19)14(16(12)25-8-13(21)23)17(24)20-11-7-22-4-2-9(11)3-5-22/h6,9,11H,2-5,7-8H2,1H3,(H,20,24). The maximum Gasteiger partial charge on any atom is 0.264 e. The Kier molecular flexibility index (Phi) is 4.30. The van der Waals surface area contributed by atoms with Crippen molar-refractivity contribution in [3.05, 3.63) is 21.7 Å². The molecule has 1 atom stereocenters. The van der Waals surface area contributed by atoms with Gasteiger partial charge in [-0.3, -0.25) is 9.59 Å². The molecule has 0 aromatic heterocycles. The van der Waals surface area contributed by atoms with Crippen LogP contribution in [-0.4, -0.2) is 56.0 Å². The molecule has 5 rings (SSSR count). The summed E-state index contributed by atoms with van der Waals surface area (Å²) in [6, 6.07) is 1.66. The summed E-state index contributed by atoms with van der Waals surface area (Å²) in [5, 5.41) is 3.48. The molecule has 134 valence electrons. The Labute approximate surface area is 156 Å². The largest absolute Gasteiger partial charge is 0.481 e. The number of halogens is 2. The molecule has 1 unspecified atom stereocenters. The molecule has 3 fully saturated rings. The first-order valence-electron chi connectivity index (χ1n) is 8.40. The fourth-order valence-electron chi connectivity index (χ4n) is 3.93. The van der Waals surface area contributed by atoms with Crippen molar-refractivity contribution in [3.63, 3.8) is 0 Å². The number of ether oxygens (including phenoxy) is 1. The maximum atomic E-state index is 13.0. The molecule has 1 aromatic carbocycles. The van der Waals surface area contributed by atoms with Gasteiger partial charge in [-0.05, 0) is 37.9 Å². The van der Waals surface area contributed by atoms with E-state index in [4.69, 9.17) is 27.9 Å². The van der Waals surface area contributed by atoms with E-state index < -0.39 is 0 Å². The molecule has 25 heavy (non-hydrogen) atoms. The van der Waals surface area contributed by atoms with Gasteiger partial charge in [-0.15, -0.1) is 0 Å². The molecule has 4 heterocycles.